The molecule has 0 saturated heterocycles. The van der Waals surface area contributed by atoms with E-state index in [9.17, 15) is 0 Å². The molecule has 1 saturated carbocycles. The molecule has 3 heteroatoms. The molecule has 0 spiro atoms. The summed E-state index contributed by atoms with van der Waals surface area (Å²) < 4.78 is 0. The van der Waals surface area contributed by atoms with Gasteiger partial charge in [0.15, 0.2) is 0 Å². The van der Waals surface area contributed by atoms with Gasteiger partial charge >= 0.3 is 0 Å². The molecule has 0 radical (unpaired) electrons. The normalized spacial score (nSPS) is 15.7. The van der Waals surface area contributed by atoms with Crippen LogP contribution in [0.3, 0.4) is 0 Å². The number of hydrogen-bond acceptors (Lipinski definition) is 3. The molecule has 1 N–H and O–H groups in total. The van der Waals surface area contributed by atoms with Crippen LogP contribution in [-0.4, -0.2) is 25.6 Å². The first-order chi connectivity index (χ1) is 10.3. The van der Waals surface area contributed by atoms with Crippen LogP contribution in [0.4, 0.5) is 5.69 Å². The molecule has 0 atom stereocenters. The Balaban J connectivity index is 1.94. The van der Waals surface area contributed by atoms with Crippen LogP contribution in [0.5, 0.6) is 0 Å². The maximum absolute atomic E-state index is 4.75. The average molecular weight is 283 g/mol. The van der Waals surface area contributed by atoms with E-state index in [2.05, 4.69) is 47.6 Å². The fourth-order valence-electron chi connectivity index (χ4n) is 3.48. The van der Waals surface area contributed by atoms with Gasteiger partial charge in [-0.15, -0.1) is 0 Å². The molecule has 1 fully saturated rings. The Morgan fingerprint density at radius 3 is 2.76 bits per heavy atom. The summed E-state index contributed by atoms with van der Waals surface area (Å²) in [6, 6.07) is 10.7. The molecule has 1 aliphatic carbocycles. The minimum Gasteiger partial charge on any atom is -0.374 e. The second kappa shape index (κ2) is 6.44. The van der Waals surface area contributed by atoms with E-state index in [-0.39, 0.29) is 0 Å². The Morgan fingerprint density at radius 1 is 1.24 bits per heavy atom. The summed E-state index contributed by atoms with van der Waals surface area (Å²) in [7, 11) is 4.20. The summed E-state index contributed by atoms with van der Waals surface area (Å²) in [5.74, 6) is 0.856. The van der Waals surface area contributed by atoms with Gasteiger partial charge in [0.05, 0.1) is 11.2 Å². The fourth-order valence-corrected chi connectivity index (χ4v) is 3.48. The van der Waals surface area contributed by atoms with Crippen molar-refractivity contribution >= 4 is 16.6 Å². The molecule has 1 heterocycles. The van der Waals surface area contributed by atoms with Crippen molar-refractivity contribution in [2.24, 2.45) is 5.92 Å². The van der Waals surface area contributed by atoms with E-state index in [1.165, 1.54) is 36.8 Å². The topological polar surface area (TPSA) is 28.2 Å². The molecule has 1 aliphatic rings. The number of benzene rings is 1. The van der Waals surface area contributed by atoms with Gasteiger partial charge in [-0.3, -0.25) is 4.98 Å². The number of rotatable bonds is 5. The van der Waals surface area contributed by atoms with E-state index < -0.39 is 0 Å². The van der Waals surface area contributed by atoms with E-state index in [0.717, 1.165) is 30.2 Å². The van der Waals surface area contributed by atoms with Crippen LogP contribution in [0.15, 0.2) is 30.3 Å². The van der Waals surface area contributed by atoms with Gasteiger partial charge < -0.3 is 10.2 Å². The first kappa shape index (κ1) is 14.3. The van der Waals surface area contributed by atoms with Crippen molar-refractivity contribution in [2.75, 3.05) is 25.5 Å². The van der Waals surface area contributed by atoms with E-state index >= 15 is 0 Å². The van der Waals surface area contributed by atoms with Gasteiger partial charge in [-0.1, -0.05) is 31.0 Å². The maximum atomic E-state index is 4.75. The summed E-state index contributed by atoms with van der Waals surface area (Å²) >= 11 is 0. The first-order valence-corrected chi connectivity index (χ1v) is 8.02. The van der Waals surface area contributed by atoms with Crippen LogP contribution in [0, 0.1) is 5.92 Å². The van der Waals surface area contributed by atoms with Crippen molar-refractivity contribution in [1.82, 2.24) is 10.3 Å². The van der Waals surface area contributed by atoms with E-state index in [0.29, 0.717) is 0 Å². The lowest BCUT2D eigenvalue weighted by molar-refractivity contribution is 0.547. The first-order valence-electron chi connectivity index (χ1n) is 8.02. The van der Waals surface area contributed by atoms with Gasteiger partial charge in [0.25, 0.3) is 0 Å². The van der Waals surface area contributed by atoms with Crippen LogP contribution >= 0.6 is 0 Å². The highest BCUT2D eigenvalue weighted by Gasteiger charge is 2.18. The SMILES string of the molecule is CNCc1cc(N(C)CC2CCCC2)c2ccccc2n1. The molecule has 0 bridgehead atoms. The minimum atomic E-state index is 0.815. The van der Waals surface area contributed by atoms with Crippen molar-refractivity contribution in [3.8, 4) is 0 Å². The lowest BCUT2D eigenvalue weighted by Gasteiger charge is -2.25. The summed E-state index contributed by atoms with van der Waals surface area (Å²) in [6.07, 6.45) is 5.58. The third-order valence-corrected chi connectivity index (χ3v) is 4.52. The van der Waals surface area contributed by atoms with Crippen molar-refractivity contribution < 1.29 is 0 Å². The molecule has 0 unspecified atom stereocenters. The van der Waals surface area contributed by atoms with Gasteiger partial charge in [-0.05, 0) is 37.9 Å². The van der Waals surface area contributed by atoms with Crippen molar-refractivity contribution in [1.29, 1.82) is 0 Å². The average Bonchev–Trinajstić information content (AvgIpc) is 2.99. The van der Waals surface area contributed by atoms with Crippen LogP contribution in [0.1, 0.15) is 31.4 Å². The number of fused-ring (bicyclic) bond motifs is 1. The number of aromatic nitrogens is 1. The number of nitrogens with zero attached hydrogens (tertiary/aromatic N) is 2. The molecular formula is C18H25N3. The standard InChI is InChI=1S/C18H25N3/c1-19-12-15-11-18(16-9-5-6-10-17(16)20-15)21(2)13-14-7-3-4-8-14/h5-6,9-11,14,19H,3-4,7-8,12-13H2,1-2H3. The molecule has 3 nitrogen and oxygen atoms in total. The molecule has 0 aliphatic heterocycles. The molecule has 2 aromatic rings. The molecule has 0 amide bonds. The summed E-state index contributed by atoms with van der Waals surface area (Å²) in [5, 5.41) is 4.47. The minimum absolute atomic E-state index is 0.815. The maximum Gasteiger partial charge on any atom is 0.0726 e. The number of para-hydroxylation sites is 1. The van der Waals surface area contributed by atoms with Gasteiger partial charge in [-0.2, -0.15) is 0 Å². The van der Waals surface area contributed by atoms with Crippen LogP contribution in [-0.2, 0) is 6.54 Å². The Kier molecular flexibility index (Phi) is 4.39. The van der Waals surface area contributed by atoms with Gasteiger partial charge in [0.1, 0.15) is 0 Å². The number of hydrogen-bond donors (Lipinski definition) is 1. The lowest BCUT2D eigenvalue weighted by Crippen LogP contribution is -2.24. The highest BCUT2D eigenvalue weighted by Crippen LogP contribution is 2.30. The van der Waals surface area contributed by atoms with Crippen LogP contribution in [0.25, 0.3) is 10.9 Å². The van der Waals surface area contributed by atoms with Gasteiger partial charge in [-0.25, -0.2) is 0 Å². The summed E-state index contributed by atoms with van der Waals surface area (Å²) in [5.41, 5.74) is 3.53. The molecule has 3 rings (SSSR count). The van der Waals surface area contributed by atoms with Gasteiger partial charge in [0.2, 0.25) is 0 Å². The Hall–Kier alpha value is -1.61. The smallest absolute Gasteiger partial charge is 0.0726 e. The van der Waals surface area contributed by atoms with Gasteiger partial charge in [0, 0.05) is 31.2 Å². The Morgan fingerprint density at radius 2 is 2.00 bits per heavy atom. The highest BCUT2D eigenvalue weighted by atomic mass is 15.1. The summed E-state index contributed by atoms with van der Waals surface area (Å²) in [4.78, 5) is 7.18. The Labute approximate surface area is 127 Å². The third kappa shape index (κ3) is 3.18. The van der Waals surface area contributed by atoms with E-state index in [1.54, 1.807) is 0 Å². The quantitative estimate of drug-likeness (QED) is 0.909. The largest absolute Gasteiger partial charge is 0.374 e. The molecular weight excluding hydrogens is 258 g/mol. The molecule has 1 aromatic heterocycles. The van der Waals surface area contributed by atoms with E-state index in [4.69, 9.17) is 4.98 Å². The second-order valence-electron chi connectivity index (χ2n) is 6.21. The summed E-state index contributed by atoms with van der Waals surface area (Å²) in [6.45, 7) is 1.97. The predicted octanol–water partition coefficient (Wildman–Crippen LogP) is 3.58. The number of anilines is 1. The Bertz CT molecular complexity index is 602. The van der Waals surface area contributed by atoms with E-state index in [1.807, 2.05) is 7.05 Å². The highest BCUT2D eigenvalue weighted by molar-refractivity contribution is 5.91. The molecule has 1 aromatic carbocycles. The fraction of sp³-hybridized carbons (Fsp3) is 0.500. The predicted molar refractivity (Wildman–Crippen MR) is 89.7 cm³/mol. The lowest BCUT2D eigenvalue weighted by atomic mass is 10.1. The number of pyridine rings is 1. The van der Waals surface area contributed by atoms with Crippen molar-refractivity contribution in [3.05, 3.63) is 36.0 Å². The second-order valence-corrected chi connectivity index (χ2v) is 6.21. The third-order valence-electron chi connectivity index (χ3n) is 4.52. The molecule has 21 heavy (non-hydrogen) atoms. The van der Waals surface area contributed by atoms with Crippen LogP contribution in [0.2, 0.25) is 0 Å². The molecule has 112 valence electrons. The zero-order valence-corrected chi connectivity index (χ0v) is 13.1. The number of nitrogens with one attached hydrogen (secondary N) is 1. The zero-order chi connectivity index (χ0) is 14.7. The monoisotopic (exact) mass is 283 g/mol. The zero-order valence-electron chi connectivity index (χ0n) is 13.1. The van der Waals surface area contributed by atoms with Crippen LogP contribution < -0.4 is 10.2 Å². The van der Waals surface area contributed by atoms with Crippen molar-refractivity contribution in [3.63, 3.8) is 0 Å². The van der Waals surface area contributed by atoms with Crippen molar-refractivity contribution in [2.45, 2.75) is 32.2 Å².